The number of carbonyl (C=O) groups excluding carboxylic acids is 1. The van der Waals surface area contributed by atoms with Crippen LogP contribution in [0.3, 0.4) is 0 Å². The molecular weight excluding hydrogens is 242 g/mol. The van der Waals surface area contributed by atoms with E-state index in [1.165, 1.54) is 0 Å². The monoisotopic (exact) mass is 259 g/mol. The summed E-state index contributed by atoms with van der Waals surface area (Å²) in [5, 5.41) is 19.8. The van der Waals surface area contributed by atoms with Gasteiger partial charge in [-0.05, 0) is 24.5 Å². The Morgan fingerprint density at radius 3 is 2.84 bits per heavy atom. The summed E-state index contributed by atoms with van der Waals surface area (Å²) >= 11 is 0. The third-order valence-electron chi connectivity index (χ3n) is 3.77. The summed E-state index contributed by atoms with van der Waals surface area (Å²) < 4.78 is 1.87. The van der Waals surface area contributed by atoms with Crippen molar-refractivity contribution in [1.29, 1.82) is 0 Å². The molecule has 1 aromatic carbocycles. The second-order valence-corrected chi connectivity index (χ2v) is 5.07. The molecule has 0 saturated carbocycles. The Bertz CT molecular complexity index is 630. The Hall–Kier alpha value is -1.65. The molecule has 2 N–H and O–H groups in total. The van der Waals surface area contributed by atoms with Crippen molar-refractivity contribution in [3.8, 4) is 0 Å². The van der Waals surface area contributed by atoms with Crippen molar-refractivity contribution in [1.82, 2.24) is 4.57 Å². The van der Waals surface area contributed by atoms with Crippen LogP contribution in [0.2, 0.25) is 0 Å². The molecule has 1 aliphatic rings. The predicted octanol–water partition coefficient (Wildman–Crippen LogP) is 1.51. The van der Waals surface area contributed by atoms with Crippen LogP contribution in [0.5, 0.6) is 0 Å². The van der Waals surface area contributed by atoms with E-state index in [0.717, 1.165) is 35.0 Å². The van der Waals surface area contributed by atoms with Crippen LogP contribution in [-0.4, -0.2) is 33.3 Å². The first-order chi connectivity index (χ1) is 9.22. The van der Waals surface area contributed by atoms with E-state index in [9.17, 15) is 9.90 Å². The molecule has 1 aliphatic carbocycles. The van der Waals surface area contributed by atoms with Gasteiger partial charge in [0.2, 0.25) is 0 Å². The molecule has 2 aromatic rings. The zero-order valence-electron chi connectivity index (χ0n) is 10.7. The largest absolute Gasteiger partial charge is 0.394 e. The van der Waals surface area contributed by atoms with Gasteiger partial charge >= 0.3 is 0 Å². The summed E-state index contributed by atoms with van der Waals surface area (Å²) in [5.41, 5.74) is 2.78. The second kappa shape index (κ2) is 4.79. The second-order valence-electron chi connectivity index (χ2n) is 5.07. The SMILES string of the molecule is O=C1CCCc2c1n(CC(O)CO)c1ccccc21. The van der Waals surface area contributed by atoms with E-state index >= 15 is 0 Å². The number of hydrogen-bond donors (Lipinski definition) is 2. The molecule has 0 amide bonds. The van der Waals surface area contributed by atoms with Crippen LogP contribution in [0.4, 0.5) is 0 Å². The normalized spacial score (nSPS) is 16.6. The average Bonchev–Trinajstić information content (AvgIpc) is 2.75. The van der Waals surface area contributed by atoms with Crippen LogP contribution < -0.4 is 0 Å². The third kappa shape index (κ3) is 1.97. The molecule has 1 heterocycles. The zero-order valence-corrected chi connectivity index (χ0v) is 10.7. The quantitative estimate of drug-likeness (QED) is 0.878. The summed E-state index contributed by atoms with van der Waals surface area (Å²) in [6.07, 6.45) is 1.53. The number of hydrogen-bond acceptors (Lipinski definition) is 3. The van der Waals surface area contributed by atoms with Crippen molar-refractivity contribution in [2.75, 3.05) is 6.61 Å². The first-order valence-electron chi connectivity index (χ1n) is 6.64. The maximum atomic E-state index is 12.2. The lowest BCUT2D eigenvalue weighted by Gasteiger charge is -2.16. The van der Waals surface area contributed by atoms with Crippen molar-refractivity contribution in [3.05, 3.63) is 35.5 Å². The standard InChI is InChI=1S/C15H17NO3/c17-9-10(18)8-16-13-6-2-1-4-11(13)12-5-3-7-14(19)15(12)16/h1-2,4,6,10,17-18H,3,5,7-9H2. The van der Waals surface area contributed by atoms with Crippen LogP contribution >= 0.6 is 0 Å². The third-order valence-corrected chi connectivity index (χ3v) is 3.77. The predicted molar refractivity (Wildman–Crippen MR) is 72.3 cm³/mol. The number of benzene rings is 1. The molecule has 1 aromatic heterocycles. The number of aliphatic hydroxyl groups is 2. The van der Waals surface area contributed by atoms with Gasteiger partial charge in [0.1, 0.15) is 0 Å². The number of nitrogens with zero attached hydrogens (tertiary/aromatic N) is 1. The Morgan fingerprint density at radius 2 is 2.05 bits per heavy atom. The minimum atomic E-state index is -0.838. The Kier molecular flexibility index (Phi) is 3.12. The molecule has 0 saturated heterocycles. The molecular formula is C15H17NO3. The van der Waals surface area contributed by atoms with Crippen molar-refractivity contribution in [2.45, 2.75) is 31.9 Å². The molecule has 1 unspecified atom stereocenters. The van der Waals surface area contributed by atoms with Gasteiger partial charge in [0.25, 0.3) is 0 Å². The van der Waals surface area contributed by atoms with E-state index < -0.39 is 6.10 Å². The summed E-state index contributed by atoms with van der Waals surface area (Å²) in [6, 6.07) is 7.88. The van der Waals surface area contributed by atoms with Gasteiger partial charge in [-0.1, -0.05) is 18.2 Å². The Labute approximate surface area is 111 Å². The van der Waals surface area contributed by atoms with E-state index in [0.29, 0.717) is 6.42 Å². The summed E-state index contributed by atoms with van der Waals surface area (Å²) in [5.74, 6) is 0.141. The first-order valence-corrected chi connectivity index (χ1v) is 6.64. The number of para-hydroxylation sites is 1. The Balaban J connectivity index is 2.23. The Morgan fingerprint density at radius 1 is 1.26 bits per heavy atom. The molecule has 3 rings (SSSR count). The summed E-state index contributed by atoms with van der Waals surface area (Å²) in [6.45, 7) is -0.0342. The zero-order chi connectivity index (χ0) is 13.4. The molecule has 0 fully saturated rings. The summed E-state index contributed by atoms with van der Waals surface area (Å²) in [4.78, 5) is 12.2. The van der Waals surface area contributed by atoms with E-state index in [1.807, 2.05) is 28.8 Å². The summed E-state index contributed by atoms with van der Waals surface area (Å²) in [7, 11) is 0. The number of ketones is 1. The molecule has 19 heavy (non-hydrogen) atoms. The number of fused-ring (bicyclic) bond motifs is 3. The maximum Gasteiger partial charge on any atom is 0.179 e. The van der Waals surface area contributed by atoms with Crippen molar-refractivity contribution in [3.63, 3.8) is 0 Å². The maximum absolute atomic E-state index is 12.2. The molecule has 0 radical (unpaired) electrons. The van der Waals surface area contributed by atoms with E-state index in [4.69, 9.17) is 5.11 Å². The first kappa shape index (κ1) is 12.4. The molecule has 0 spiro atoms. The topological polar surface area (TPSA) is 62.5 Å². The molecule has 4 heteroatoms. The van der Waals surface area contributed by atoms with E-state index in [2.05, 4.69) is 0 Å². The fourth-order valence-electron chi connectivity index (χ4n) is 2.95. The van der Waals surface area contributed by atoms with Crippen molar-refractivity contribution >= 4 is 16.7 Å². The van der Waals surface area contributed by atoms with Crippen LogP contribution in [0.15, 0.2) is 24.3 Å². The molecule has 1 atom stereocenters. The lowest BCUT2D eigenvalue weighted by atomic mass is 9.94. The van der Waals surface area contributed by atoms with Gasteiger partial charge < -0.3 is 14.8 Å². The highest BCUT2D eigenvalue weighted by molar-refractivity contribution is 6.04. The van der Waals surface area contributed by atoms with Crippen LogP contribution in [0.1, 0.15) is 28.9 Å². The van der Waals surface area contributed by atoms with Crippen LogP contribution in [0, 0.1) is 0 Å². The number of aliphatic hydroxyl groups excluding tert-OH is 2. The highest BCUT2D eigenvalue weighted by atomic mass is 16.3. The minimum Gasteiger partial charge on any atom is -0.394 e. The van der Waals surface area contributed by atoms with Crippen molar-refractivity contribution in [2.24, 2.45) is 0 Å². The fraction of sp³-hybridized carbons (Fsp3) is 0.400. The average molecular weight is 259 g/mol. The van der Waals surface area contributed by atoms with Gasteiger partial charge in [-0.2, -0.15) is 0 Å². The van der Waals surface area contributed by atoms with E-state index in [1.54, 1.807) is 0 Å². The number of aromatic nitrogens is 1. The number of Topliss-reactive ketones (excluding diaryl/α,β-unsaturated/α-hetero) is 1. The van der Waals surface area contributed by atoms with Gasteiger partial charge in [-0.3, -0.25) is 4.79 Å². The lowest BCUT2D eigenvalue weighted by molar-refractivity contribution is 0.0798. The molecule has 4 nitrogen and oxygen atoms in total. The molecule has 0 bridgehead atoms. The van der Waals surface area contributed by atoms with Crippen molar-refractivity contribution < 1.29 is 15.0 Å². The van der Waals surface area contributed by atoms with Gasteiger partial charge in [0.05, 0.1) is 24.9 Å². The van der Waals surface area contributed by atoms with Gasteiger partial charge in [-0.15, -0.1) is 0 Å². The number of carbonyl (C=O) groups is 1. The van der Waals surface area contributed by atoms with Gasteiger partial charge in [0.15, 0.2) is 5.78 Å². The highest BCUT2D eigenvalue weighted by Crippen LogP contribution is 2.32. The number of rotatable bonds is 3. The van der Waals surface area contributed by atoms with Gasteiger partial charge in [0, 0.05) is 17.3 Å². The fourth-order valence-corrected chi connectivity index (χ4v) is 2.95. The van der Waals surface area contributed by atoms with Gasteiger partial charge in [-0.25, -0.2) is 0 Å². The molecule has 100 valence electrons. The minimum absolute atomic E-state index is 0.141. The van der Waals surface area contributed by atoms with Crippen LogP contribution in [-0.2, 0) is 13.0 Å². The number of aryl methyl sites for hydroxylation is 1. The lowest BCUT2D eigenvalue weighted by Crippen LogP contribution is -2.23. The van der Waals surface area contributed by atoms with Crippen LogP contribution in [0.25, 0.3) is 10.9 Å². The molecule has 0 aliphatic heterocycles. The van der Waals surface area contributed by atoms with E-state index in [-0.39, 0.29) is 18.9 Å². The highest BCUT2D eigenvalue weighted by Gasteiger charge is 2.26. The smallest absolute Gasteiger partial charge is 0.179 e.